The van der Waals surface area contributed by atoms with Crippen LogP contribution in [-0.4, -0.2) is 19.0 Å². The SMILES string of the molecule is O=[AsH](O)c1cc(F)cc(F)c1. The first-order valence-corrected chi connectivity index (χ1v) is 5.63. The van der Waals surface area contributed by atoms with E-state index in [1.807, 2.05) is 0 Å². The molecule has 60 valence electrons. The number of halogens is 2. The number of benzene rings is 1. The Bertz CT molecular complexity index is 280. The maximum absolute atomic E-state index is 12.3. The summed E-state index contributed by atoms with van der Waals surface area (Å²) in [6.45, 7) is 0. The van der Waals surface area contributed by atoms with E-state index >= 15 is 0 Å². The van der Waals surface area contributed by atoms with Gasteiger partial charge in [-0.3, -0.25) is 0 Å². The van der Waals surface area contributed by atoms with Crippen LogP contribution >= 0.6 is 0 Å². The molecule has 0 fully saturated rings. The molecule has 0 heterocycles. The molecule has 1 atom stereocenters. The van der Waals surface area contributed by atoms with Crippen molar-refractivity contribution in [2.24, 2.45) is 0 Å². The van der Waals surface area contributed by atoms with Crippen LogP contribution in [0.1, 0.15) is 0 Å². The summed E-state index contributed by atoms with van der Waals surface area (Å²) in [6, 6.07) is 2.39. The van der Waals surface area contributed by atoms with E-state index in [4.69, 9.17) is 4.10 Å². The van der Waals surface area contributed by atoms with Crippen LogP contribution < -0.4 is 4.35 Å². The van der Waals surface area contributed by atoms with Crippen LogP contribution in [0.15, 0.2) is 18.2 Å². The Morgan fingerprint density at radius 2 is 1.64 bits per heavy atom. The van der Waals surface area contributed by atoms with Gasteiger partial charge in [-0.05, 0) is 0 Å². The molecule has 0 bridgehead atoms. The molecule has 0 aromatic heterocycles. The molecule has 5 heteroatoms. The molecule has 1 aromatic rings. The summed E-state index contributed by atoms with van der Waals surface area (Å²) in [6.07, 6.45) is 0. The second-order valence-electron chi connectivity index (χ2n) is 1.96. The molecule has 0 aliphatic carbocycles. The maximum atomic E-state index is 12.3. The van der Waals surface area contributed by atoms with Crippen LogP contribution in [0, 0.1) is 11.6 Å². The average molecular weight is 222 g/mol. The summed E-state index contributed by atoms with van der Waals surface area (Å²) in [5.74, 6) is -1.65. The van der Waals surface area contributed by atoms with Gasteiger partial charge in [-0.15, -0.1) is 0 Å². The first-order valence-electron chi connectivity index (χ1n) is 2.79. The fraction of sp³-hybridized carbons (Fsp3) is 0. The average Bonchev–Trinajstić information content (AvgIpc) is 1.85. The standard InChI is InChI=1S/C6H5AsF2O2/c8-5-1-4(7(10)11)2-6(9)3-5/h1-3,7H,(H,10,11). The molecule has 2 nitrogen and oxygen atoms in total. The molecule has 0 amide bonds. The normalized spacial score (nSPS) is 13.0. The van der Waals surface area contributed by atoms with Crippen molar-refractivity contribution in [3.8, 4) is 0 Å². The van der Waals surface area contributed by atoms with Crippen LogP contribution in [0.3, 0.4) is 0 Å². The minimum atomic E-state index is -3.56. The van der Waals surface area contributed by atoms with E-state index in [1.165, 1.54) is 0 Å². The van der Waals surface area contributed by atoms with E-state index < -0.39 is 26.6 Å². The molecular formula is C6H5AsF2O2. The molecule has 11 heavy (non-hydrogen) atoms. The van der Waals surface area contributed by atoms with Crippen molar-refractivity contribution in [2.75, 3.05) is 0 Å². The van der Waals surface area contributed by atoms with Crippen molar-refractivity contribution < 1.29 is 16.6 Å². The fourth-order valence-electron chi connectivity index (χ4n) is 0.677. The van der Waals surface area contributed by atoms with E-state index in [-0.39, 0.29) is 4.35 Å². The van der Waals surface area contributed by atoms with Crippen molar-refractivity contribution in [3.63, 3.8) is 0 Å². The van der Waals surface area contributed by atoms with E-state index in [9.17, 15) is 12.5 Å². The monoisotopic (exact) mass is 222 g/mol. The minimum absolute atomic E-state index is 0.137. The molecule has 0 aliphatic rings. The van der Waals surface area contributed by atoms with Crippen LogP contribution in [0.4, 0.5) is 8.78 Å². The Morgan fingerprint density at radius 3 is 2.00 bits per heavy atom. The van der Waals surface area contributed by atoms with Crippen LogP contribution in [-0.2, 0) is 3.74 Å². The number of hydrogen-bond donors (Lipinski definition) is 1. The van der Waals surface area contributed by atoms with Gasteiger partial charge in [0.15, 0.2) is 0 Å². The molecule has 1 N–H and O–H groups in total. The van der Waals surface area contributed by atoms with Crippen LogP contribution in [0.5, 0.6) is 0 Å². The van der Waals surface area contributed by atoms with E-state index in [1.54, 1.807) is 0 Å². The van der Waals surface area contributed by atoms with Gasteiger partial charge in [0.25, 0.3) is 0 Å². The third-order valence-electron chi connectivity index (χ3n) is 1.11. The van der Waals surface area contributed by atoms with Crippen molar-refractivity contribution in [3.05, 3.63) is 29.8 Å². The van der Waals surface area contributed by atoms with Gasteiger partial charge in [-0.1, -0.05) is 0 Å². The Kier molecular flexibility index (Phi) is 2.47. The van der Waals surface area contributed by atoms with Gasteiger partial charge >= 0.3 is 65.7 Å². The Balaban J connectivity index is 3.19. The van der Waals surface area contributed by atoms with E-state index in [0.29, 0.717) is 6.07 Å². The van der Waals surface area contributed by atoms with Crippen LogP contribution in [0.2, 0.25) is 0 Å². The second-order valence-corrected chi connectivity index (χ2v) is 4.46. The molecule has 0 saturated heterocycles. The summed E-state index contributed by atoms with van der Waals surface area (Å²) in [5, 5.41) is 0. The molecule has 1 rings (SSSR count). The van der Waals surface area contributed by atoms with Crippen molar-refractivity contribution >= 4 is 19.3 Å². The third kappa shape index (κ3) is 2.17. The predicted molar refractivity (Wildman–Crippen MR) is 36.0 cm³/mol. The third-order valence-corrected chi connectivity index (χ3v) is 2.75. The van der Waals surface area contributed by atoms with E-state index in [2.05, 4.69) is 0 Å². The summed E-state index contributed by atoms with van der Waals surface area (Å²) in [5.41, 5.74) is 0. The zero-order valence-electron chi connectivity index (χ0n) is 5.34. The Morgan fingerprint density at radius 1 is 1.18 bits per heavy atom. The summed E-state index contributed by atoms with van der Waals surface area (Å²) < 4.78 is 43.5. The van der Waals surface area contributed by atoms with E-state index in [0.717, 1.165) is 12.1 Å². The van der Waals surface area contributed by atoms with Gasteiger partial charge in [0, 0.05) is 0 Å². The Labute approximate surface area is 66.3 Å². The van der Waals surface area contributed by atoms with Gasteiger partial charge < -0.3 is 0 Å². The van der Waals surface area contributed by atoms with Crippen LogP contribution in [0.25, 0.3) is 0 Å². The molecule has 1 aromatic carbocycles. The molecular weight excluding hydrogens is 217 g/mol. The van der Waals surface area contributed by atoms with Crippen molar-refractivity contribution in [1.29, 1.82) is 0 Å². The Hall–Kier alpha value is -0.602. The van der Waals surface area contributed by atoms with Crippen molar-refractivity contribution in [1.82, 2.24) is 0 Å². The summed E-state index contributed by atoms with van der Waals surface area (Å²) in [7, 11) is 0. The number of rotatable bonds is 1. The topological polar surface area (TPSA) is 37.3 Å². The summed E-state index contributed by atoms with van der Waals surface area (Å²) >= 11 is -3.56. The first-order chi connectivity index (χ1) is 5.09. The predicted octanol–water partition coefficient (Wildman–Crippen LogP) is -0.185. The summed E-state index contributed by atoms with van der Waals surface area (Å²) in [4.78, 5) is 0. The van der Waals surface area contributed by atoms with Crippen molar-refractivity contribution in [2.45, 2.75) is 0 Å². The molecule has 1 unspecified atom stereocenters. The number of hydrogen-bond acceptors (Lipinski definition) is 1. The quantitative estimate of drug-likeness (QED) is 0.669. The molecule has 0 aliphatic heterocycles. The first kappa shape index (κ1) is 8.49. The van der Waals surface area contributed by atoms with Gasteiger partial charge in [-0.2, -0.15) is 0 Å². The zero-order valence-corrected chi connectivity index (χ0v) is 7.44. The molecule has 0 radical (unpaired) electrons. The zero-order chi connectivity index (χ0) is 8.43. The second kappa shape index (κ2) is 3.20. The molecule has 0 saturated carbocycles. The van der Waals surface area contributed by atoms with Gasteiger partial charge in [-0.25, -0.2) is 0 Å². The molecule has 0 spiro atoms. The fourth-order valence-corrected chi connectivity index (χ4v) is 1.77. The van der Waals surface area contributed by atoms with Gasteiger partial charge in [0.2, 0.25) is 0 Å². The van der Waals surface area contributed by atoms with Gasteiger partial charge in [0.1, 0.15) is 0 Å². The van der Waals surface area contributed by atoms with Gasteiger partial charge in [0.05, 0.1) is 0 Å².